The fourth-order valence-corrected chi connectivity index (χ4v) is 1.18. The number of benzene rings is 1. The van der Waals surface area contributed by atoms with Crippen LogP contribution in [0.4, 0.5) is 5.69 Å². The third-order valence-electron chi connectivity index (χ3n) is 2.00. The van der Waals surface area contributed by atoms with Crippen molar-refractivity contribution < 1.29 is 14.8 Å². The summed E-state index contributed by atoms with van der Waals surface area (Å²) < 4.78 is 5.33. The van der Waals surface area contributed by atoms with Crippen LogP contribution in [0.2, 0.25) is 0 Å². The molecule has 1 aromatic rings. The predicted octanol–water partition coefficient (Wildman–Crippen LogP) is 2.04. The third kappa shape index (κ3) is 3.06. The van der Waals surface area contributed by atoms with Crippen LogP contribution in [0, 0.1) is 10.1 Å². The Bertz CT molecular complexity index is 401. The largest absolute Gasteiger partial charge is 0.489 e. The maximum absolute atomic E-state index is 10.5. The summed E-state index contributed by atoms with van der Waals surface area (Å²) in [7, 11) is 0. The molecule has 0 amide bonds. The molecule has 0 aliphatic heterocycles. The highest BCUT2D eigenvalue weighted by molar-refractivity contribution is 5.43. The summed E-state index contributed by atoms with van der Waals surface area (Å²) in [5, 5.41) is 19.6. The van der Waals surface area contributed by atoms with Gasteiger partial charge in [-0.1, -0.05) is 12.2 Å². The van der Waals surface area contributed by atoms with Gasteiger partial charge in [-0.2, -0.15) is 0 Å². The summed E-state index contributed by atoms with van der Waals surface area (Å²) in [6.45, 7) is 1.96. The number of rotatable bonds is 5. The molecule has 16 heavy (non-hydrogen) atoms. The number of allylic oxidation sites excluding steroid dienone is 1. The Morgan fingerprint density at radius 2 is 2.31 bits per heavy atom. The normalized spacial score (nSPS) is 10.6. The SMILES string of the molecule is C/C=C/COc1ccc([N+](=O)[O-])cc1CO. The van der Waals surface area contributed by atoms with E-state index in [1.54, 1.807) is 0 Å². The van der Waals surface area contributed by atoms with Crippen LogP contribution in [-0.2, 0) is 6.61 Å². The van der Waals surface area contributed by atoms with E-state index in [0.29, 0.717) is 17.9 Å². The van der Waals surface area contributed by atoms with E-state index in [1.165, 1.54) is 18.2 Å². The Morgan fingerprint density at radius 3 is 2.88 bits per heavy atom. The molecule has 0 bridgehead atoms. The van der Waals surface area contributed by atoms with Crippen molar-refractivity contribution >= 4 is 5.69 Å². The highest BCUT2D eigenvalue weighted by Gasteiger charge is 2.10. The van der Waals surface area contributed by atoms with E-state index in [0.717, 1.165) is 0 Å². The van der Waals surface area contributed by atoms with E-state index < -0.39 is 4.92 Å². The van der Waals surface area contributed by atoms with Crippen LogP contribution in [0.25, 0.3) is 0 Å². The smallest absolute Gasteiger partial charge is 0.270 e. The quantitative estimate of drug-likeness (QED) is 0.471. The first-order valence-electron chi connectivity index (χ1n) is 4.81. The van der Waals surface area contributed by atoms with Crippen molar-refractivity contribution in [1.29, 1.82) is 0 Å². The number of aliphatic hydroxyl groups excluding tert-OH is 1. The maximum Gasteiger partial charge on any atom is 0.270 e. The second-order valence-corrected chi connectivity index (χ2v) is 3.09. The first kappa shape index (κ1) is 12.2. The predicted molar refractivity (Wildman–Crippen MR) is 59.3 cm³/mol. The first-order valence-corrected chi connectivity index (χ1v) is 4.81. The highest BCUT2D eigenvalue weighted by atomic mass is 16.6. The number of nitrogens with zero attached hydrogens (tertiary/aromatic N) is 1. The average Bonchev–Trinajstić information content (AvgIpc) is 2.29. The Hall–Kier alpha value is -1.88. The molecular weight excluding hydrogens is 210 g/mol. The number of hydrogen-bond acceptors (Lipinski definition) is 4. The van der Waals surface area contributed by atoms with Crippen LogP contribution in [0.15, 0.2) is 30.4 Å². The molecule has 5 heteroatoms. The molecule has 1 aromatic carbocycles. The molecule has 0 unspecified atom stereocenters. The van der Waals surface area contributed by atoms with E-state index in [1.807, 2.05) is 19.1 Å². The molecule has 0 saturated heterocycles. The van der Waals surface area contributed by atoms with E-state index in [2.05, 4.69) is 0 Å². The zero-order valence-electron chi connectivity index (χ0n) is 8.92. The van der Waals surface area contributed by atoms with Crippen LogP contribution >= 0.6 is 0 Å². The molecule has 5 nitrogen and oxygen atoms in total. The van der Waals surface area contributed by atoms with E-state index in [9.17, 15) is 10.1 Å². The first-order chi connectivity index (χ1) is 7.69. The summed E-state index contributed by atoms with van der Waals surface area (Å²) in [5.41, 5.74) is 0.362. The van der Waals surface area contributed by atoms with Crippen molar-refractivity contribution in [2.45, 2.75) is 13.5 Å². The third-order valence-corrected chi connectivity index (χ3v) is 2.00. The minimum Gasteiger partial charge on any atom is -0.489 e. The second kappa shape index (κ2) is 5.87. The molecule has 0 fully saturated rings. The number of aliphatic hydroxyl groups is 1. The molecule has 0 atom stereocenters. The van der Waals surface area contributed by atoms with Gasteiger partial charge in [0.2, 0.25) is 0 Å². The number of nitro benzene ring substituents is 1. The van der Waals surface area contributed by atoms with Gasteiger partial charge in [-0.3, -0.25) is 10.1 Å². The summed E-state index contributed by atoms with van der Waals surface area (Å²) in [6.07, 6.45) is 3.65. The van der Waals surface area contributed by atoms with E-state index in [4.69, 9.17) is 9.84 Å². The Kier molecular flexibility index (Phi) is 4.47. The van der Waals surface area contributed by atoms with Crippen molar-refractivity contribution in [2.75, 3.05) is 6.61 Å². The van der Waals surface area contributed by atoms with Crippen molar-refractivity contribution in [3.05, 3.63) is 46.0 Å². The molecule has 86 valence electrons. The van der Waals surface area contributed by atoms with E-state index in [-0.39, 0.29) is 12.3 Å². The monoisotopic (exact) mass is 223 g/mol. The van der Waals surface area contributed by atoms with Crippen molar-refractivity contribution in [3.63, 3.8) is 0 Å². The minimum absolute atomic E-state index is 0.0533. The summed E-state index contributed by atoms with van der Waals surface area (Å²) in [6, 6.07) is 4.16. The van der Waals surface area contributed by atoms with Crippen LogP contribution in [0.1, 0.15) is 12.5 Å². The van der Waals surface area contributed by atoms with Gasteiger partial charge >= 0.3 is 0 Å². The lowest BCUT2D eigenvalue weighted by atomic mass is 10.2. The Labute approximate surface area is 93.1 Å². The minimum atomic E-state index is -0.505. The number of ether oxygens (including phenoxy) is 1. The van der Waals surface area contributed by atoms with Gasteiger partial charge in [-0.05, 0) is 13.0 Å². The molecular formula is C11H13NO4. The fraction of sp³-hybridized carbons (Fsp3) is 0.273. The van der Waals surface area contributed by atoms with Gasteiger partial charge in [0.25, 0.3) is 5.69 Å². The summed E-state index contributed by atoms with van der Waals surface area (Å²) in [5.74, 6) is 0.464. The van der Waals surface area contributed by atoms with Crippen LogP contribution in [0.5, 0.6) is 5.75 Å². The zero-order valence-corrected chi connectivity index (χ0v) is 8.92. The number of non-ortho nitro benzene ring substituents is 1. The van der Waals surface area contributed by atoms with Gasteiger partial charge in [0.1, 0.15) is 12.4 Å². The molecule has 1 N–H and O–H groups in total. The van der Waals surface area contributed by atoms with E-state index >= 15 is 0 Å². The van der Waals surface area contributed by atoms with Crippen LogP contribution in [0.3, 0.4) is 0 Å². The number of nitro groups is 1. The van der Waals surface area contributed by atoms with Gasteiger partial charge in [0.05, 0.1) is 11.5 Å². The number of hydrogen-bond donors (Lipinski definition) is 1. The summed E-state index contributed by atoms with van der Waals surface area (Å²) in [4.78, 5) is 10.0. The van der Waals surface area contributed by atoms with Crippen molar-refractivity contribution in [1.82, 2.24) is 0 Å². The van der Waals surface area contributed by atoms with Crippen LogP contribution < -0.4 is 4.74 Å². The zero-order chi connectivity index (χ0) is 12.0. The lowest BCUT2D eigenvalue weighted by molar-refractivity contribution is -0.385. The lowest BCUT2D eigenvalue weighted by Crippen LogP contribution is -1.99. The van der Waals surface area contributed by atoms with Crippen molar-refractivity contribution in [3.8, 4) is 5.75 Å². The van der Waals surface area contributed by atoms with Gasteiger partial charge in [-0.25, -0.2) is 0 Å². The summed E-state index contributed by atoms with van der Waals surface area (Å²) >= 11 is 0. The molecule has 1 rings (SSSR count). The van der Waals surface area contributed by atoms with Crippen LogP contribution in [-0.4, -0.2) is 16.6 Å². The average molecular weight is 223 g/mol. The maximum atomic E-state index is 10.5. The molecule has 0 aliphatic rings. The molecule has 0 saturated carbocycles. The topological polar surface area (TPSA) is 72.6 Å². The highest BCUT2D eigenvalue weighted by Crippen LogP contribution is 2.24. The van der Waals surface area contributed by atoms with Gasteiger partial charge < -0.3 is 9.84 Å². The standard InChI is InChI=1S/C11H13NO4/c1-2-3-6-16-11-5-4-10(12(14)15)7-9(11)8-13/h2-5,7,13H,6,8H2,1H3/b3-2+. The lowest BCUT2D eigenvalue weighted by Gasteiger charge is -2.07. The van der Waals surface area contributed by atoms with Gasteiger partial charge in [-0.15, -0.1) is 0 Å². The molecule has 0 spiro atoms. The molecule has 0 radical (unpaired) electrons. The molecule has 0 aromatic heterocycles. The Morgan fingerprint density at radius 1 is 1.56 bits per heavy atom. The fourth-order valence-electron chi connectivity index (χ4n) is 1.18. The van der Waals surface area contributed by atoms with Gasteiger partial charge in [0, 0.05) is 17.7 Å². The van der Waals surface area contributed by atoms with Gasteiger partial charge in [0.15, 0.2) is 0 Å². The second-order valence-electron chi connectivity index (χ2n) is 3.09. The Balaban J connectivity index is 2.88. The molecule has 0 heterocycles. The molecule has 0 aliphatic carbocycles. The van der Waals surface area contributed by atoms with Crippen molar-refractivity contribution in [2.24, 2.45) is 0 Å².